The van der Waals surface area contributed by atoms with Gasteiger partial charge >= 0.3 is 7.12 Å². The Morgan fingerprint density at radius 3 is 1.47 bits per heavy atom. The van der Waals surface area contributed by atoms with Crippen LogP contribution in [0.3, 0.4) is 0 Å². The summed E-state index contributed by atoms with van der Waals surface area (Å²) in [6.07, 6.45) is 0. The van der Waals surface area contributed by atoms with Crippen LogP contribution in [0.5, 0.6) is 0 Å². The summed E-state index contributed by atoms with van der Waals surface area (Å²) in [6.45, 7) is 0. The molecule has 0 fully saturated rings. The van der Waals surface area contributed by atoms with E-state index in [0.29, 0.717) is 10.4 Å². The molecule has 7 rings (SSSR count). The van der Waals surface area contributed by atoms with Gasteiger partial charge in [-0.25, -0.2) is 0 Å². The Kier molecular flexibility index (Phi) is 4.76. The van der Waals surface area contributed by atoms with Crippen molar-refractivity contribution in [1.82, 2.24) is 9.13 Å². The maximum atomic E-state index is 9.64. The molecule has 0 amide bonds. The number of hydrogen-bond donors (Lipinski definition) is 3. The van der Waals surface area contributed by atoms with Crippen molar-refractivity contribution in [2.45, 2.75) is 4.90 Å². The summed E-state index contributed by atoms with van der Waals surface area (Å²) < 4.78 is 4.53. The average Bonchev–Trinajstić information content (AvgIpc) is 3.41. The van der Waals surface area contributed by atoms with Gasteiger partial charge in [-0.2, -0.15) is 0 Å². The summed E-state index contributed by atoms with van der Waals surface area (Å²) >= 11 is 4.52. The SMILES string of the molecule is OB(O)c1ccc(-n2c3ccccc3c3cc(-n4c5ccccc5c5ccccc54)ccc32)cc1S. The van der Waals surface area contributed by atoms with E-state index in [1.54, 1.807) is 6.07 Å². The zero-order valence-electron chi connectivity index (χ0n) is 19.2. The number of nitrogens with zero attached hydrogens (tertiary/aromatic N) is 2. The van der Waals surface area contributed by atoms with Gasteiger partial charge < -0.3 is 19.2 Å². The monoisotopic (exact) mass is 484 g/mol. The number of para-hydroxylation sites is 3. The van der Waals surface area contributed by atoms with Crippen molar-refractivity contribution in [2.75, 3.05) is 0 Å². The lowest BCUT2D eigenvalue weighted by Gasteiger charge is -2.12. The molecular weight excluding hydrogens is 463 g/mol. The molecule has 172 valence electrons. The van der Waals surface area contributed by atoms with Crippen molar-refractivity contribution in [3.05, 3.63) is 109 Å². The molecule has 0 bridgehead atoms. The van der Waals surface area contributed by atoms with Crippen LogP contribution in [0, 0.1) is 0 Å². The van der Waals surface area contributed by atoms with Gasteiger partial charge in [-0.1, -0.05) is 60.7 Å². The first-order valence-electron chi connectivity index (χ1n) is 11.8. The van der Waals surface area contributed by atoms with Crippen LogP contribution < -0.4 is 5.46 Å². The fraction of sp³-hybridized carbons (Fsp3) is 0. The van der Waals surface area contributed by atoms with Gasteiger partial charge in [-0.3, -0.25) is 0 Å². The Bertz CT molecular complexity index is 1900. The largest absolute Gasteiger partial charge is 0.489 e. The summed E-state index contributed by atoms with van der Waals surface area (Å²) in [5.74, 6) is 0. The van der Waals surface area contributed by atoms with Crippen LogP contribution in [-0.2, 0) is 0 Å². The lowest BCUT2D eigenvalue weighted by atomic mass is 9.80. The van der Waals surface area contributed by atoms with E-state index in [2.05, 4.69) is 107 Å². The van der Waals surface area contributed by atoms with Crippen molar-refractivity contribution >= 4 is 68.8 Å². The Morgan fingerprint density at radius 1 is 0.500 bits per heavy atom. The number of thiol groups is 1. The molecule has 2 aromatic heterocycles. The maximum Gasteiger partial charge on any atom is 0.489 e. The standard InChI is InChI=1S/C30H21BN2O2S/c34-31(35)25-15-13-20(18-30(25)36)33-28-12-6-3-9-23(28)24-17-19(14-16-29(24)33)32-26-10-4-1-7-21(26)22-8-2-5-11-27(22)32/h1-18,34-36H. The molecule has 0 atom stereocenters. The number of rotatable bonds is 3. The van der Waals surface area contributed by atoms with E-state index in [9.17, 15) is 10.0 Å². The normalized spacial score (nSPS) is 11.8. The quantitative estimate of drug-likeness (QED) is 0.218. The maximum absolute atomic E-state index is 9.64. The topological polar surface area (TPSA) is 50.3 Å². The van der Waals surface area contributed by atoms with Crippen LogP contribution in [0.2, 0.25) is 0 Å². The summed E-state index contributed by atoms with van der Waals surface area (Å²) in [4.78, 5) is 0.537. The first-order valence-corrected chi connectivity index (χ1v) is 12.3. The molecule has 0 saturated heterocycles. The second kappa shape index (κ2) is 8.03. The third kappa shape index (κ3) is 3.06. The highest BCUT2D eigenvalue weighted by Crippen LogP contribution is 2.36. The predicted octanol–water partition coefficient (Wildman–Crippen LogP) is 5.85. The van der Waals surface area contributed by atoms with Gasteiger partial charge in [0.2, 0.25) is 0 Å². The van der Waals surface area contributed by atoms with E-state index in [4.69, 9.17) is 0 Å². The molecule has 0 saturated carbocycles. The predicted molar refractivity (Wildman–Crippen MR) is 152 cm³/mol. The van der Waals surface area contributed by atoms with Crippen molar-refractivity contribution in [3.8, 4) is 11.4 Å². The number of hydrogen-bond acceptors (Lipinski definition) is 3. The lowest BCUT2D eigenvalue weighted by molar-refractivity contribution is 0.425. The number of aromatic nitrogens is 2. The lowest BCUT2D eigenvalue weighted by Crippen LogP contribution is -2.31. The van der Waals surface area contributed by atoms with Gasteiger partial charge in [0.1, 0.15) is 0 Å². The van der Waals surface area contributed by atoms with E-state index < -0.39 is 7.12 Å². The minimum Gasteiger partial charge on any atom is -0.423 e. The molecule has 36 heavy (non-hydrogen) atoms. The Morgan fingerprint density at radius 2 is 0.944 bits per heavy atom. The van der Waals surface area contributed by atoms with Gasteiger partial charge in [-0.15, -0.1) is 12.6 Å². The number of fused-ring (bicyclic) bond motifs is 6. The molecular formula is C30H21BN2O2S. The van der Waals surface area contributed by atoms with E-state index in [1.165, 1.54) is 21.8 Å². The molecule has 6 heteroatoms. The highest BCUT2D eigenvalue weighted by molar-refractivity contribution is 7.80. The second-order valence-corrected chi connectivity index (χ2v) is 9.52. The Hall–Kier alpha value is -3.97. The third-order valence-electron chi connectivity index (χ3n) is 7.04. The molecule has 2 heterocycles. The van der Waals surface area contributed by atoms with Crippen molar-refractivity contribution < 1.29 is 10.0 Å². The first kappa shape index (κ1) is 21.3. The van der Waals surface area contributed by atoms with Gasteiger partial charge in [0.05, 0.1) is 22.1 Å². The van der Waals surface area contributed by atoms with Crippen molar-refractivity contribution in [3.63, 3.8) is 0 Å². The minimum atomic E-state index is -1.56. The molecule has 0 radical (unpaired) electrons. The van der Waals surface area contributed by atoms with Crippen LogP contribution in [0.4, 0.5) is 0 Å². The summed E-state index contributed by atoms with van der Waals surface area (Å²) in [5.41, 5.74) is 6.93. The zero-order chi connectivity index (χ0) is 24.4. The molecule has 0 aliphatic rings. The fourth-order valence-electron chi connectivity index (χ4n) is 5.47. The van der Waals surface area contributed by atoms with Crippen LogP contribution >= 0.6 is 12.6 Å². The molecule has 5 aromatic carbocycles. The van der Waals surface area contributed by atoms with Gasteiger partial charge in [-0.05, 0) is 54.0 Å². The van der Waals surface area contributed by atoms with E-state index >= 15 is 0 Å². The Balaban J connectivity index is 1.52. The van der Waals surface area contributed by atoms with E-state index in [0.717, 1.165) is 33.2 Å². The summed E-state index contributed by atoms with van der Waals surface area (Å²) in [7, 11) is -1.56. The second-order valence-electron chi connectivity index (χ2n) is 9.04. The third-order valence-corrected chi connectivity index (χ3v) is 7.43. The van der Waals surface area contributed by atoms with Crippen LogP contribution in [-0.4, -0.2) is 26.3 Å². The molecule has 7 aromatic rings. The summed E-state index contributed by atoms with van der Waals surface area (Å²) in [6, 6.07) is 37.5. The van der Waals surface area contributed by atoms with Crippen LogP contribution in [0.1, 0.15) is 0 Å². The molecule has 0 unspecified atom stereocenters. The fourth-order valence-corrected chi connectivity index (χ4v) is 5.79. The van der Waals surface area contributed by atoms with Crippen molar-refractivity contribution in [2.24, 2.45) is 0 Å². The minimum absolute atomic E-state index is 0.386. The molecule has 0 spiro atoms. The number of benzene rings is 5. The van der Waals surface area contributed by atoms with E-state index in [-0.39, 0.29) is 0 Å². The average molecular weight is 484 g/mol. The summed E-state index contributed by atoms with van der Waals surface area (Å²) in [5, 5.41) is 24.1. The zero-order valence-corrected chi connectivity index (χ0v) is 20.1. The molecule has 4 nitrogen and oxygen atoms in total. The highest BCUT2D eigenvalue weighted by atomic mass is 32.1. The first-order chi connectivity index (χ1) is 17.6. The van der Waals surface area contributed by atoms with Crippen LogP contribution in [0.25, 0.3) is 55.0 Å². The van der Waals surface area contributed by atoms with Crippen molar-refractivity contribution in [1.29, 1.82) is 0 Å². The molecule has 0 aliphatic heterocycles. The molecule has 2 N–H and O–H groups in total. The van der Waals surface area contributed by atoms with Gasteiger partial charge in [0.15, 0.2) is 0 Å². The highest BCUT2D eigenvalue weighted by Gasteiger charge is 2.18. The molecule has 0 aliphatic carbocycles. The Labute approximate surface area is 213 Å². The van der Waals surface area contributed by atoms with E-state index in [1.807, 2.05) is 18.2 Å². The van der Waals surface area contributed by atoms with Gasteiger partial charge in [0, 0.05) is 37.8 Å². The van der Waals surface area contributed by atoms with Crippen LogP contribution in [0.15, 0.2) is 114 Å². The smallest absolute Gasteiger partial charge is 0.423 e. The van der Waals surface area contributed by atoms with Gasteiger partial charge in [0.25, 0.3) is 0 Å².